The van der Waals surface area contributed by atoms with Crippen LogP contribution in [0.25, 0.3) is 5.57 Å². The first-order valence-electron chi connectivity index (χ1n) is 12.4. The molecule has 180 valence electrons. The second-order valence-corrected chi connectivity index (χ2v) is 10.7. The fraction of sp³-hybridized carbons (Fsp3) is 0.433. The zero-order valence-corrected chi connectivity index (χ0v) is 21.2. The molecule has 2 aromatic rings. The number of rotatable bonds is 7. The second-order valence-electron chi connectivity index (χ2n) is 10.7. The monoisotopic (exact) mass is 458 g/mol. The molecule has 1 fully saturated rings. The Kier molecular flexibility index (Phi) is 7.27. The van der Waals surface area contributed by atoms with Crippen LogP contribution in [-0.4, -0.2) is 43.9 Å². The van der Waals surface area contributed by atoms with Gasteiger partial charge in [-0.25, -0.2) is 0 Å². The third kappa shape index (κ3) is 5.79. The Labute approximate surface area is 204 Å². The maximum absolute atomic E-state index is 11.4. The Morgan fingerprint density at radius 2 is 1.79 bits per heavy atom. The molecule has 1 aliphatic carbocycles. The summed E-state index contributed by atoms with van der Waals surface area (Å²) in [7, 11) is 0. The molecule has 2 aliphatic rings. The van der Waals surface area contributed by atoms with Gasteiger partial charge in [0, 0.05) is 44.5 Å². The van der Waals surface area contributed by atoms with Gasteiger partial charge in [0.05, 0.1) is 11.3 Å². The SMILES string of the molecule is C=C(C)Oc1cc(N2CCN(CC3=C(c4ccc(C)cc4)CC(C)(C)CC3)CC2)ccc1C=O. The van der Waals surface area contributed by atoms with E-state index in [1.54, 1.807) is 18.1 Å². The third-order valence-corrected chi connectivity index (χ3v) is 7.15. The van der Waals surface area contributed by atoms with Crippen LogP contribution < -0.4 is 9.64 Å². The molecule has 0 N–H and O–H groups in total. The average Bonchev–Trinajstić information content (AvgIpc) is 2.81. The number of aldehydes is 1. The smallest absolute Gasteiger partial charge is 0.153 e. The van der Waals surface area contributed by atoms with Gasteiger partial charge in [0.2, 0.25) is 0 Å². The number of anilines is 1. The number of allylic oxidation sites excluding steroid dienone is 2. The number of aryl methyl sites for hydroxylation is 1. The second kappa shape index (κ2) is 10.2. The predicted molar refractivity (Wildman–Crippen MR) is 142 cm³/mol. The third-order valence-electron chi connectivity index (χ3n) is 7.15. The lowest BCUT2D eigenvalue weighted by Crippen LogP contribution is -2.47. The van der Waals surface area contributed by atoms with Crippen LogP contribution in [0.1, 0.15) is 61.5 Å². The van der Waals surface area contributed by atoms with Crippen molar-refractivity contribution >= 4 is 17.5 Å². The number of hydrogen-bond donors (Lipinski definition) is 0. The molecule has 4 nitrogen and oxygen atoms in total. The molecule has 1 heterocycles. The van der Waals surface area contributed by atoms with Gasteiger partial charge in [0.25, 0.3) is 0 Å². The van der Waals surface area contributed by atoms with Gasteiger partial charge < -0.3 is 9.64 Å². The van der Waals surface area contributed by atoms with Gasteiger partial charge >= 0.3 is 0 Å². The molecule has 1 aliphatic heterocycles. The summed E-state index contributed by atoms with van der Waals surface area (Å²) in [5.74, 6) is 1.17. The molecule has 0 atom stereocenters. The van der Waals surface area contributed by atoms with Crippen molar-refractivity contribution in [2.45, 2.75) is 47.0 Å². The molecule has 34 heavy (non-hydrogen) atoms. The summed E-state index contributed by atoms with van der Waals surface area (Å²) in [5, 5.41) is 0. The molecule has 0 radical (unpaired) electrons. The van der Waals surface area contributed by atoms with Crippen LogP contribution in [0.4, 0.5) is 5.69 Å². The highest BCUT2D eigenvalue weighted by Crippen LogP contribution is 2.43. The van der Waals surface area contributed by atoms with Gasteiger partial charge in [-0.05, 0) is 61.8 Å². The van der Waals surface area contributed by atoms with E-state index in [-0.39, 0.29) is 0 Å². The van der Waals surface area contributed by atoms with Crippen LogP contribution in [0.2, 0.25) is 0 Å². The van der Waals surface area contributed by atoms with E-state index in [9.17, 15) is 4.79 Å². The van der Waals surface area contributed by atoms with Gasteiger partial charge in [0.15, 0.2) is 6.29 Å². The highest BCUT2D eigenvalue weighted by Gasteiger charge is 2.29. The largest absolute Gasteiger partial charge is 0.462 e. The maximum Gasteiger partial charge on any atom is 0.153 e. The van der Waals surface area contributed by atoms with Crippen molar-refractivity contribution in [2.75, 3.05) is 37.6 Å². The van der Waals surface area contributed by atoms with E-state index in [4.69, 9.17) is 4.74 Å². The van der Waals surface area contributed by atoms with E-state index in [0.717, 1.165) is 51.1 Å². The first kappa shape index (κ1) is 24.3. The number of nitrogens with zero attached hydrogens (tertiary/aromatic N) is 2. The van der Waals surface area contributed by atoms with Gasteiger partial charge in [0.1, 0.15) is 5.75 Å². The van der Waals surface area contributed by atoms with E-state index in [1.807, 2.05) is 18.2 Å². The zero-order valence-electron chi connectivity index (χ0n) is 21.2. The molecule has 0 unspecified atom stereocenters. The summed E-state index contributed by atoms with van der Waals surface area (Å²) in [5.41, 5.74) is 7.90. The van der Waals surface area contributed by atoms with E-state index in [2.05, 4.69) is 61.4 Å². The molecule has 1 saturated heterocycles. The van der Waals surface area contributed by atoms with Gasteiger partial charge in [-0.15, -0.1) is 0 Å². The summed E-state index contributed by atoms with van der Waals surface area (Å²) in [4.78, 5) is 16.4. The van der Waals surface area contributed by atoms with Gasteiger partial charge in [-0.2, -0.15) is 0 Å². The fourth-order valence-corrected chi connectivity index (χ4v) is 5.09. The van der Waals surface area contributed by atoms with E-state index in [0.29, 0.717) is 22.5 Å². The number of benzene rings is 2. The minimum absolute atomic E-state index is 0.361. The Hall–Kier alpha value is -2.85. The van der Waals surface area contributed by atoms with E-state index in [1.165, 1.54) is 24.0 Å². The topological polar surface area (TPSA) is 32.8 Å². The van der Waals surface area contributed by atoms with Crippen LogP contribution in [0.15, 0.2) is 60.4 Å². The van der Waals surface area contributed by atoms with Crippen LogP contribution in [-0.2, 0) is 0 Å². The quantitative estimate of drug-likeness (QED) is 0.350. The van der Waals surface area contributed by atoms with Crippen molar-refractivity contribution in [3.8, 4) is 5.75 Å². The summed E-state index contributed by atoms with van der Waals surface area (Å²) in [6, 6.07) is 14.9. The molecular weight excluding hydrogens is 420 g/mol. The molecule has 0 bridgehead atoms. The summed E-state index contributed by atoms with van der Waals surface area (Å²) in [6.45, 7) is 17.6. The number of piperazine rings is 1. The highest BCUT2D eigenvalue weighted by molar-refractivity contribution is 5.81. The summed E-state index contributed by atoms with van der Waals surface area (Å²) < 4.78 is 5.70. The lowest BCUT2D eigenvalue weighted by atomic mass is 9.72. The molecular formula is C30H38N2O2. The molecule has 4 heteroatoms. The van der Waals surface area contributed by atoms with E-state index < -0.39 is 0 Å². The molecule has 4 rings (SSSR count). The van der Waals surface area contributed by atoms with Crippen molar-refractivity contribution in [2.24, 2.45) is 5.41 Å². The van der Waals surface area contributed by atoms with Crippen LogP contribution in [0.3, 0.4) is 0 Å². The minimum atomic E-state index is 0.361. The van der Waals surface area contributed by atoms with Crippen LogP contribution in [0.5, 0.6) is 5.75 Å². The maximum atomic E-state index is 11.4. The lowest BCUT2D eigenvalue weighted by Gasteiger charge is -2.39. The average molecular weight is 459 g/mol. The molecule has 0 aromatic heterocycles. The first-order chi connectivity index (χ1) is 16.2. The fourth-order valence-electron chi connectivity index (χ4n) is 5.09. The predicted octanol–water partition coefficient (Wildman–Crippen LogP) is 6.51. The van der Waals surface area contributed by atoms with Crippen molar-refractivity contribution in [3.63, 3.8) is 0 Å². The minimum Gasteiger partial charge on any atom is -0.462 e. The van der Waals surface area contributed by atoms with Crippen LogP contribution >= 0.6 is 0 Å². The molecule has 0 spiro atoms. The van der Waals surface area contributed by atoms with Crippen molar-refractivity contribution < 1.29 is 9.53 Å². The summed E-state index contributed by atoms with van der Waals surface area (Å²) in [6.07, 6.45) is 4.43. The van der Waals surface area contributed by atoms with Gasteiger partial charge in [-0.1, -0.05) is 55.8 Å². The Bertz CT molecular complexity index is 1070. The van der Waals surface area contributed by atoms with Crippen LogP contribution in [0, 0.1) is 12.3 Å². The van der Waals surface area contributed by atoms with Crippen molar-refractivity contribution in [1.82, 2.24) is 4.90 Å². The van der Waals surface area contributed by atoms with E-state index >= 15 is 0 Å². The van der Waals surface area contributed by atoms with Gasteiger partial charge in [-0.3, -0.25) is 9.69 Å². The summed E-state index contributed by atoms with van der Waals surface area (Å²) >= 11 is 0. The highest BCUT2D eigenvalue weighted by atomic mass is 16.5. The zero-order chi connectivity index (χ0) is 24.3. The Morgan fingerprint density at radius 3 is 2.44 bits per heavy atom. The normalized spacial score (nSPS) is 18.6. The lowest BCUT2D eigenvalue weighted by molar-refractivity contribution is 0.112. The Balaban J connectivity index is 1.46. The number of hydrogen-bond acceptors (Lipinski definition) is 4. The Morgan fingerprint density at radius 1 is 1.09 bits per heavy atom. The molecule has 2 aromatic carbocycles. The van der Waals surface area contributed by atoms with Crippen molar-refractivity contribution in [3.05, 3.63) is 77.1 Å². The molecule has 0 amide bonds. The number of carbonyl (C=O) groups is 1. The molecule has 0 saturated carbocycles. The number of carbonyl (C=O) groups excluding carboxylic acids is 1. The number of ether oxygens (including phenoxy) is 1. The standard InChI is InChI=1S/C30H38N2O2/c1-22(2)34-29-18-27(11-10-26(29)21-33)32-16-14-31(15-17-32)20-25-12-13-30(4,5)19-28(25)24-8-6-23(3)7-9-24/h6-11,18,21H,1,12-17,19-20H2,2-5H3. The first-order valence-corrected chi connectivity index (χ1v) is 12.4. The van der Waals surface area contributed by atoms with Crippen molar-refractivity contribution in [1.29, 1.82) is 0 Å².